The van der Waals surface area contributed by atoms with Crippen LogP contribution in [0.15, 0.2) is 24.3 Å². The Hall–Kier alpha value is -1.26. The number of hydrogen-bond acceptors (Lipinski definition) is 4. The molecule has 2 N–H and O–H groups in total. The van der Waals surface area contributed by atoms with E-state index in [0.717, 1.165) is 12.8 Å². The molecule has 0 bridgehead atoms. The molecular weight excluding hydrogens is 232 g/mol. The molecule has 4 nitrogen and oxygen atoms in total. The van der Waals surface area contributed by atoms with Crippen LogP contribution in [0.1, 0.15) is 45.4 Å². The lowest BCUT2D eigenvalue weighted by molar-refractivity contribution is -0.327. The monoisotopic (exact) mass is 254 g/mol. The third-order valence-corrected chi connectivity index (χ3v) is 2.78. The minimum atomic E-state index is -0.722. The van der Waals surface area contributed by atoms with Gasteiger partial charge in [-0.2, -0.15) is 4.89 Å². The summed E-state index contributed by atoms with van der Waals surface area (Å²) in [5, 5.41) is 18.3. The van der Waals surface area contributed by atoms with Gasteiger partial charge in [0, 0.05) is 6.42 Å². The number of ether oxygens (including phenoxy) is 1. The zero-order valence-corrected chi connectivity index (χ0v) is 10.8. The number of aromatic hydroxyl groups is 1. The second kappa shape index (κ2) is 8.78. The highest BCUT2D eigenvalue weighted by Crippen LogP contribution is 2.26. The summed E-state index contributed by atoms with van der Waals surface area (Å²) in [5.41, 5.74) is 0. The Bertz CT molecular complexity index is 327. The molecule has 0 radical (unpaired) electrons. The van der Waals surface area contributed by atoms with Gasteiger partial charge >= 0.3 is 0 Å². The number of hydrogen-bond donors (Lipinski definition) is 2. The fourth-order valence-corrected chi connectivity index (χ4v) is 1.75. The van der Waals surface area contributed by atoms with Crippen molar-refractivity contribution in [3.63, 3.8) is 0 Å². The predicted molar refractivity (Wildman–Crippen MR) is 69.6 cm³/mol. The summed E-state index contributed by atoms with van der Waals surface area (Å²) >= 11 is 0. The smallest absolute Gasteiger partial charge is 0.231 e. The molecule has 0 amide bonds. The van der Waals surface area contributed by atoms with E-state index < -0.39 is 6.29 Å². The summed E-state index contributed by atoms with van der Waals surface area (Å²) in [7, 11) is 0. The minimum absolute atomic E-state index is 0.0468. The lowest BCUT2D eigenvalue weighted by atomic mass is 10.1. The molecule has 1 aromatic carbocycles. The van der Waals surface area contributed by atoms with E-state index in [4.69, 9.17) is 9.99 Å². The van der Waals surface area contributed by atoms with E-state index >= 15 is 0 Å². The first-order chi connectivity index (χ1) is 8.77. The molecule has 0 heterocycles. The highest BCUT2D eigenvalue weighted by atomic mass is 17.1. The van der Waals surface area contributed by atoms with Gasteiger partial charge in [-0.1, -0.05) is 44.7 Å². The van der Waals surface area contributed by atoms with Gasteiger partial charge < -0.3 is 9.84 Å². The first kappa shape index (κ1) is 14.8. The van der Waals surface area contributed by atoms with E-state index in [2.05, 4.69) is 11.8 Å². The van der Waals surface area contributed by atoms with E-state index in [0.29, 0.717) is 12.2 Å². The third-order valence-electron chi connectivity index (χ3n) is 2.78. The number of phenols is 1. The van der Waals surface area contributed by atoms with Crippen molar-refractivity contribution in [2.75, 3.05) is 0 Å². The third kappa shape index (κ3) is 5.38. The molecule has 18 heavy (non-hydrogen) atoms. The zero-order valence-electron chi connectivity index (χ0n) is 10.8. The first-order valence-electron chi connectivity index (χ1n) is 6.52. The van der Waals surface area contributed by atoms with Crippen LogP contribution in [0.3, 0.4) is 0 Å². The number of unbranched alkanes of at least 4 members (excludes halogenated alkanes) is 4. The molecule has 0 fully saturated rings. The Kier molecular flexibility index (Phi) is 7.22. The number of para-hydroxylation sites is 2. The highest BCUT2D eigenvalue weighted by Gasteiger charge is 2.12. The van der Waals surface area contributed by atoms with Crippen molar-refractivity contribution in [3.8, 4) is 11.5 Å². The normalized spacial score (nSPS) is 12.3. The van der Waals surface area contributed by atoms with Crippen LogP contribution in [0.5, 0.6) is 11.5 Å². The topological polar surface area (TPSA) is 58.9 Å². The van der Waals surface area contributed by atoms with Crippen molar-refractivity contribution >= 4 is 0 Å². The van der Waals surface area contributed by atoms with Crippen LogP contribution in [0.4, 0.5) is 0 Å². The van der Waals surface area contributed by atoms with Crippen molar-refractivity contribution in [2.45, 2.75) is 51.7 Å². The second-order valence-electron chi connectivity index (χ2n) is 4.32. The van der Waals surface area contributed by atoms with E-state index in [1.54, 1.807) is 18.2 Å². The van der Waals surface area contributed by atoms with Gasteiger partial charge in [-0.15, -0.1) is 0 Å². The fourth-order valence-electron chi connectivity index (χ4n) is 1.75. The molecular formula is C14H22O4. The maximum absolute atomic E-state index is 9.53. The van der Waals surface area contributed by atoms with Gasteiger partial charge in [-0.25, -0.2) is 5.26 Å². The lowest BCUT2D eigenvalue weighted by Crippen LogP contribution is -2.19. The summed E-state index contributed by atoms with van der Waals surface area (Å²) in [5.74, 6) is 0.371. The van der Waals surface area contributed by atoms with Gasteiger partial charge in [0.1, 0.15) is 0 Å². The van der Waals surface area contributed by atoms with Gasteiger partial charge in [0.25, 0.3) is 0 Å². The molecule has 102 valence electrons. The van der Waals surface area contributed by atoms with Crippen LogP contribution in [-0.2, 0) is 4.89 Å². The summed E-state index contributed by atoms with van der Waals surface area (Å²) in [4.78, 5) is 4.28. The summed E-state index contributed by atoms with van der Waals surface area (Å²) in [6, 6.07) is 6.63. The van der Waals surface area contributed by atoms with Crippen molar-refractivity contribution in [1.82, 2.24) is 0 Å². The van der Waals surface area contributed by atoms with Crippen LogP contribution in [-0.4, -0.2) is 16.7 Å². The largest absolute Gasteiger partial charge is 0.504 e. The standard InChI is InChI=1S/C14H22O4/c1-2-3-4-5-6-11-14(18-16)17-13-10-8-7-9-12(13)15/h7-10,14-16H,2-6,11H2,1H3. The van der Waals surface area contributed by atoms with Crippen LogP contribution in [0.25, 0.3) is 0 Å². The van der Waals surface area contributed by atoms with Gasteiger partial charge in [0.05, 0.1) is 0 Å². The van der Waals surface area contributed by atoms with E-state index in [1.807, 2.05) is 0 Å². The molecule has 0 aliphatic heterocycles. The van der Waals surface area contributed by atoms with Gasteiger partial charge in [-0.05, 0) is 18.6 Å². The number of rotatable bonds is 9. The Morgan fingerprint density at radius 2 is 1.83 bits per heavy atom. The molecule has 1 atom stereocenters. The molecule has 1 unspecified atom stereocenters. The Morgan fingerprint density at radius 1 is 1.11 bits per heavy atom. The van der Waals surface area contributed by atoms with Gasteiger partial charge in [0.15, 0.2) is 11.5 Å². The van der Waals surface area contributed by atoms with Gasteiger partial charge in [-0.3, -0.25) is 0 Å². The summed E-state index contributed by atoms with van der Waals surface area (Å²) in [6.45, 7) is 2.17. The average molecular weight is 254 g/mol. The maximum atomic E-state index is 9.53. The van der Waals surface area contributed by atoms with Crippen LogP contribution < -0.4 is 4.74 Å². The Balaban J connectivity index is 2.31. The molecule has 0 aliphatic rings. The Labute approximate surface area is 108 Å². The molecule has 1 aromatic rings. The van der Waals surface area contributed by atoms with E-state index in [9.17, 15) is 5.11 Å². The molecule has 0 aromatic heterocycles. The number of benzene rings is 1. The van der Waals surface area contributed by atoms with Crippen molar-refractivity contribution in [1.29, 1.82) is 0 Å². The molecule has 0 spiro atoms. The highest BCUT2D eigenvalue weighted by molar-refractivity contribution is 5.37. The van der Waals surface area contributed by atoms with Crippen molar-refractivity contribution < 1.29 is 20.0 Å². The van der Waals surface area contributed by atoms with Crippen LogP contribution >= 0.6 is 0 Å². The second-order valence-corrected chi connectivity index (χ2v) is 4.32. The molecule has 0 saturated heterocycles. The maximum Gasteiger partial charge on any atom is 0.231 e. The minimum Gasteiger partial charge on any atom is -0.504 e. The average Bonchev–Trinajstić information content (AvgIpc) is 2.39. The molecule has 1 rings (SSSR count). The number of phenolic OH excluding ortho intramolecular Hbond substituents is 1. The first-order valence-corrected chi connectivity index (χ1v) is 6.52. The van der Waals surface area contributed by atoms with Crippen LogP contribution in [0.2, 0.25) is 0 Å². The summed E-state index contributed by atoms with van der Waals surface area (Å²) in [6.07, 6.45) is 5.52. The van der Waals surface area contributed by atoms with Gasteiger partial charge in [0.2, 0.25) is 6.29 Å². The summed E-state index contributed by atoms with van der Waals surface area (Å²) < 4.78 is 5.38. The SMILES string of the molecule is CCCCCCCC(OO)Oc1ccccc1O. The van der Waals surface area contributed by atoms with Crippen molar-refractivity contribution in [3.05, 3.63) is 24.3 Å². The zero-order chi connectivity index (χ0) is 13.2. The Morgan fingerprint density at radius 3 is 2.50 bits per heavy atom. The van der Waals surface area contributed by atoms with Crippen LogP contribution in [0, 0.1) is 0 Å². The van der Waals surface area contributed by atoms with Crippen molar-refractivity contribution in [2.24, 2.45) is 0 Å². The molecule has 0 aliphatic carbocycles. The fraction of sp³-hybridized carbons (Fsp3) is 0.571. The van der Waals surface area contributed by atoms with E-state index in [-0.39, 0.29) is 5.75 Å². The lowest BCUT2D eigenvalue weighted by Gasteiger charge is -2.16. The van der Waals surface area contributed by atoms with E-state index in [1.165, 1.54) is 25.3 Å². The molecule has 0 saturated carbocycles. The molecule has 4 heteroatoms. The quantitative estimate of drug-likeness (QED) is 0.303. The predicted octanol–water partition coefficient (Wildman–Crippen LogP) is 3.95.